The molecule has 25 heavy (non-hydrogen) atoms. The van der Waals surface area contributed by atoms with E-state index in [0.717, 1.165) is 6.42 Å². The zero-order valence-corrected chi connectivity index (χ0v) is 14.8. The molecule has 2 heterocycles. The van der Waals surface area contributed by atoms with Gasteiger partial charge in [0, 0.05) is 23.8 Å². The van der Waals surface area contributed by atoms with Crippen LogP contribution in [0.3, 0.4) is 0 Å². The van der Waals surface area contributed by atoms with Gasteiger partial charge in [-0.3, -0.25) is 9.59 Å². The van der Waals surface area contributed by atoms with Gasteiger partial charge in [0.2, 0.25) is 0 Å². The Labute approximate surface area is 152 Å². The minimum Gasteiger partial charge on any atom is -0.459 e. The van der Waals surface area contributed by atoms with Crippen molar-refractivity contribution in [2.24, 2.45) is 11.7 Å². The predicted octanol–water partition coefficient (Wildman–Crippen LogP) is 2.76. The lowest BCUT2D eigenvalue weighted by molar-refractivity contribution is 0.0743. The molecular formula is C18H22ClN3O3. The van der Waals surface area contributed by atoms with Gasteiger partial charge in [0.15, 0.2) is 5.76 Å². The first-order valence-electron chi connectivity index (χ1n) is 8.04. The summed E-state index contributed by atoms with van der Waals surface area (Å²) in [5.74, 6) is 0.200. The quantitative estimate of drug-likeness (QED) is 0.874. The van der Waals surface area contributed by atoms with Crippen LogP contribution >= 0.6 is 12.4 Å². The van der Waals surface area contributed by atoms with E-state index in [4.69, 9.17) is 10.2 Å². The SMILES string of the molecule is CC1CC(CN)CN1C(=O)c1cccc(NC(=O)c2ccco2)c1.Cl. The number of hydrogen-bond acceptors (Lipinski definition) is 4. The molecule has 1 aliphatic heterocycles. The van der Waals surface area contributed by atoms with E-state index in [1.807, 2.05) is 11.8 Å². The molecule has 0 aliphatic carbocycles. The van der Waals surface area contributed by atoms with Crippen molar-refractivity contribution in [3.8, 4) is 0 Å². The van der Waals surface area contributed by atoms with E-state index in [9.17, 15) is 9.59 Å². The molecule has 1 fully saturated rings. The van der Waals surface area contributed by atoms with Gasteiger partial charge in [0.05, 0.1) is 6.26 Å². The number of nitrogens with zero attached hydrogens (tertiary/aromatic N) is 1. The van der Waals surface area contributed by atoms with E-state index in [-0.39, 0.29) is 36.0 Å². The average Bonchev–Trinajstić information content (AvgIpc) is 3.24. The smallest absolute Gasteiger partial charge is 0.291 e. The molecule has 6 nitrogen and oxygen atoms in total. The van der Waals surface area contributed by atoms with Crippen LogP contribution in [-0.4, -0.2) is 35.8 Å². The third kappa shape index (κ3) is 4.21. The Balaban J connectivity index is 0.00000225. The summed E-state index contributed by atoms with van der Waals surface area (Å²) in [6, 6.07) is 10.4. The van der Waals surface area contributed by atoms with Gasteiger partial charge >= 0.3 is 0 Å². The zero-order chi connectivity index (χ0) is 17.1. The van der Waals surface area contributed by atoms with Gasteiger partial charge in [0.25, 0.3) is 11.8 Å². The molecule has 0 radical (unpaired) electrons. The largest absolute Gasteiger partial charge is 0.459 e. The Kier molecular flexibility index (Phi) is 6.22. The number of anilines is 1. The summed E-state index contributed by atoms with van der Waals surface area (Å²) < 4.78 is 5.07. The van der Waals surface area contributed by atoms with Gasteiger partial charge in [-0.15, -0.1) is 12.4 Å². The lowest BCUT2D eigenvalue weighted by atomic mass is 10.1. The van der Waals surface area contributed by atoms with E-state index < -0.39 is 0 Å². The first kappa shape index (κ1) is 19.0. The van der Waals surface area contributed by atoms with Crippen molar-refractivity contribution in [2.45, 2.75) is 19.4 Å². The van der Waals surface area contributed by atoms with Gasteiger partial charge in [-0.25, -0.2) is 0 Å². The standard InChI is InChI=1S/C18H21N3O3.ClH/c1-12-8-13(10-19)11-21(12)18(23)14-4-2-5-15(9-14)20-17(22)16-6-3-7-24-16;/h2-7,9,12-13H,8,10-11,19H2,1H3,(H,20,22);1H. The molecule has 3 N–H and O–H groups in total. The van der Waals surface area contributed by atoms with Crippen molar-refractivity contribution in [3.05, 3.63) is 54.0 Å². The topological polar surface area (TPSA) is 88.6 Å². The number of hydrogen-bond donors (Lipinski definition) is 2. The van der Waals surface area contributed by atoms with Crippen LogP contribution in [0.5, 0.6) is 0 Å². The first-order chi connectivity index (χ1) is 11.6. The lowest BCUT2D eigenvalue weighted by Gasteiger charge is -2.22. The van der Waals surface area contributed by atoms with E-state index >= 15 is 0 Å². The fourth-order valence-electron chi connectivity index (χ4n) is 3.09. The monoisotopic (exact) mass is 363 g/mol. The first-order valence-corrected chi connectivity index (χ1v) is 8.04. The normalized spacial score (nSPS) is 19.4. The highest BCUT2D eigenvalue weighted by molar-refractivity contribution is 6.03. The minimum atomic E-state index is -0.345. The second-order valence-corrected chi connectivity index (χ2v) is 6.16. The van der Waals surface area contributed by atoms with Crippen LogP contribution in [0.2, 0.25) is 0 Å². The number of likely N-dealkylation sites (tertiary alicyclic amines) is 1. The highest BCUT2D eigenvalue weighted by Crippen LogP contribution is 2.25. The second-order valence-electron chi connectivity index (χ2n) is 6.16. The number of nitrogens with two attached hydrogens (primary N) is 1. The number of carbonyl (C=O) groups is 2. The van der Waals surface area contributed by atoms with Gasteiger partial charge in [-0.05, 0) is 56.1 Å². The van der Waals surface area contributed by atoms with Crippen LogP contribution in [-0.2, 0) is 0 Å². The number of nitrogens with one attached hydrogen (secondary N) is 1. The Bertz CT molecular complexity index is 733. The molecule has 3 rings (SSSR count). The summed E-state index contributed by atoms with van der Waals surface area (Å²) in [4.78, 5) is 26.6. The summed E-state index contributed by atoms with van der Waals surface area (Å²) in [5, 5.41) is 2.74. The van der Waals surface area contributed by atoms with Gasteiger partial charge in [0.1, 0.15) is 0 Å². The molecule has 0 saturated carbocycles. The summed E-state index contributed by atoms with van der Waals surface area (Å²) in [5.41, 5.74) is 6.84. The maximum atomic E-state index is 12.7. The minimum absolute atomic E-state index is 0. The highest BCUT2D eigenvalue weighted by atomic mass is 35.5. The summed E-state index contributed by atoms with van der Waals surface area (Å²) in [6.45, 7) is 3.31. The van der Waals surface area contributed by atoms with Crippen molar-refractivity contribution in [1.29, 1.82) is 0 Å². The summed E-state index contributed by atoms with van der Waals surface area (Å²) in [6.07, 6.45) is 2.37. The molecule has 1 aliphatic rings. The van der Waals surface area contributed by atoms with Crippen molar-refractivity contribution < 1.29 is 14.0 Å². The third-order valence-corrected chi connectivity index (χ3v) is 4.37. The number of rotatable bonds is 4. The number of amides is 2. The van der Waals surface area contributed by atoms with Crippen LogP contribution < -0.4 is 11.1 Å². The van der Waals surface area contributed by atoms with Gasteiger partial charge in [-0.1, -0.05) is 6.07 Å². The van der Waals surface area contributed by atoms with E-state index in [0.29, 0.717) is 30.3 Å². The molecule has 1 saturated heterocycles. The van der Waals surface area contributed by atoms with Crippen LogP contribution in [0.4, 0.5) is 5.69 Å². The van der Waals surface area contributed by atoms with E-state index in [1.54, 1.807) is 36.4 Å². The molecule has 2 unspecified atom stereocenters. The van der Waals surface area contributed by atoms with E-state index in [1.165, 1.54) is 6.26 Å². The molecular weight excluding hydrogens is 342 g/mol. The number of furan rings is 1. The van der Waals surface area contributed by atoms with Crippen LogP contribution in [0.15, 0.2) is 47.1 Å². The fourth-order valence-corrected chi connectivity index (χ4v) is 3.09. The molecule has 0 spiro atoms. The molecule has 7 heteroatoms. The molecule has 1 aromatic heterocycles. The fraction of sp³-hybridized carbons (Fsp3) is 0.333. The molecule has 1 aromatic carbocycles. The molecule has 2 aromatic rings. The second kappa shape index (κ2) is 8.18. The van der Waals surface area contributed by atoms with Crippen molar-refractivity contribution >= 4 is 29.9 Å². The van der Waals surface area contributed by atoms with Crippen molar-refractivity contribution in [2.75, 3.05) is 18.4 Å². The zero-order valence-electron chi connectivity index (χ0n) is 14.0. The third-order valence-electron chi connectivity index (χ3n) is 4.37. The molecule has 0 bridgehead atoms. The van der Waals surface area contributed by atoms with Gasteiger partial charge in [-0.2, -0.15) is 0 Å². The maximum absolute atomic E-state index is 12.7. The Morgan fingerprint density at radius 3 is 2.76 bits per heavy atom. The Morgan fingerprint density at radius 2 is 2.12 bits per heavy atom. The van der Waals surface area contributed by atoms with Crippen LogP contribution in [0, 0.1) is 5.92 Å². The summed E-state index contributed by atoms with van der Waals surface area (Å²) >= 11 is 0. The number of benzene rings is 1. The van der Waals surface area contributed by atoms with Crippen LogP contribution in [0.25, 0.3) is 0 Å². The highest BCUT2D eigenvalue weighted by Gasteiger charge is 2.32. The van der Waals surface area contributed by atoms with Crippen molar-refractivity contribution in [1.82, 2.24) is 4.90 Å². The Morgan fingerprint density at radius 1 is 1.32 bits per heavy atom. The lowest BCUT2D eigenvalue weighted by Crippen LogP contribution is -2.34. The van der Waals surface area contributed by atoms with Crippen LogP contribution in [0.1, 0.15) is 34.3 Å². The van der Waals surface area contributed by atoms with Crippen molar-refractivity contribution in [3.63, 3.8) is 0 Å². The molecule has 134 valence electrons. The predicted molar refractivity (Wildman–Crippen MR) is 98.0 cm³/mol. The maximum Gasteiger partial charge on any atom is 0.291 e. The molecule has 2 amide bonds. The Hall–Kier alpha value is -2.31. The van der Waals surface area contributed by atoms with Gasteiger partial charge < -0.3 is 20.4 Å². The number of halogens is 1. The number of carbonyl (C=O) groups excluding carboxylic acids is 2. The van der Waals surface area contributed by atoms with E-state index in [2.05, 4.69) is 5.32 Å². The molecule has 2 atom stereocenters. The summed E-state index contributed by atoms with van der Waals surface area (Å²) in [7, 11) is 0. The average molecular weight is 364 g/mol.